The molecule has 2 N–H and O–H groups in total. The van der Waals surface area contributed by atoms with Gasteiger partial charge >= 0.3 is 0 Å². The molecular formula is C24H23N3O. The number of hydrogen-bond acceptors (Lipinski definition) is 2. The Bertz CT molecular complexity index is 1030. The number of carbonyl (C=O) groups excluding carboxylic acids is 1. The zero-order chi connectivity index (χ0) is 19.3. The molecule has 0 unspecified atom stereocenters. The highest BCUT2D eigenvalue weighted by atomic mass is 16.1. The summed E-state index contributed by atoms with van der Waals surface area (Å²) in [5.74, 6) is 0.827. The first kappa shape index (κ1) is 18.0. The largest absolute Gasteiger partial charge is 0.352 e. The van der Waals surface area contributed by atoms with Crippen LogP contribution in [0.3, 0.4) is 0 Å². The van der Waals surface area contributed by atoms with E-state index in [0.717, 1.165) is 23.3 Å². The summed E-state index contributed by atoms with van der Waals surface area (Å²) >= 11 is 0. The summed E-state index contributed by atoms with van der Waals surface area (Å²) < 4.78 is 0. The molecule has 0 spiro atoms. The fourth-order valence-corrected chi connectivity index (χ4v) is 3.45. The van der Waals surface area contributed by atoms with Crippen LogP contribution in [0.4, 0.5) is 0 Å². The number of hydrogen-bond donors (Lipinski definition) is 2. The van der Waals surface area contributed by atoms with Crippen LogP contribution in [0.1, 0.15) is 46.6 Å². The highest BCUT2D eigenvalue weighted by Crippen LogP contribution is 2.31. The first-order valence-corrected chi connectivity index (χ1v) is 9.64. The van der Waals surface area contributed by atoms with Gasteiger partial charge in [0, 0.05) is 12.1 Å². The number of H-pyrrole nitrogens is 1. The van der Waals surface area contributed by atoms with Gasteiger partial charge in [-0.25, -0.2) is 4.98 Å². The van der Waals surface area contributed by atoms with Crippen LogP contribution < -0.4 is 5.32 Å². The number of imidazole rings is 1. The first-order valence-electron chi connectivity index (χ1n) is 9.64. The molecular weight excluding hydrogens is 346 g/mol. The molecule has 1 heterocycles. The molecule has 0 fully saturated rings. The van der Waals surface area contributed by atoms with Gasteiger partial charge in [-0.1, -0.05) is 67.6 Å². The third-order valence-corrected chi connectivity index (χ3v) is 4.84. The van der Waals surface area contributed by atoms with E-state index in [1.165, 1.54) is 11.1 Å². The lowest BCUT2D eigenvalue weighted by Crippen LogP contribution is -2.23. The van der Waals surface area contributed by atoms with Gasteiger partial charge in [-0.2, -0.15) is 0 Å². The molecule has 0 aliphatic heterocycles. The molecule has 1 amide bonds. The van der Waals surface area contributed by atoms with Crippen molar-refractivity contribution < 1.29 is 4.79 Å². The quantitative estimate of drug-likeness (QED) is 0.509. The Kier molecular flexibility index (Phi) is 5.20. The maximum atomic E-state index is 12.3. The Morgan fingerprint density at radius 2 is 1.61 bits per heavy atom. The lowest BCUT2D eigenvalue weighted by molar-refractivity contribution is 0.0954. The van der Waals surface area contributed by atoms with Gasteiger partial charge in [0.15, 0.2) is 0 Å². The zero-order valence-electron chi connectivity index (χ0n) is 15.9. The van der Waals surface area contributed by atoms with Gasteiger partial charge in [-0.15, -0.1) is 0 Å². The number of aromatic nitrogens is 2. The molecule has 0 aliphatic carbocycles. The number of rotatable bonds is 6. The third kappa shape index (κ3) is 3.67. The molecule has 0 saturated carbocycles. The number of benzene rings is 3. The fraction of sp³-hybridized carbons (Fsp3) is 0.167. The van der Waals surface area contributed by atoms with Crippen LogP contribution >= 0.6 is 0 Å². The minimum atomic E-state index is -0.0532. The predicted molar refractivity (Wildman–Crippen MR) is 113 cm³/mol. The standard InChI is InChI=1S/C24H23N3O/c1-2-15-25-24(28)19-13-14-20-21(16-19)27-23(26-20)22(17-9-5-3-6-10-17)18-11-7-4-8-12-18/h3-14,16,22H,2,15H2,1H3,(H,25,28)(H,26,27). The maximum absolute atomic E-state index is 12.3. The molecule has 28 heavy (non-hydrogen) atoms. The number of amides is 1. The summed E-state index contributed by atoms with van der Waals surface area (Å²) in [5.41, 5.74) is 4.73. The van der Waals surface area contributed by atoms with Gasteiger partial charge in [0.2, 0.25) is 0 Å². The third-order valence-electron chi connectivity index (χ3n) is 4.84. The van der Waals surface area contributed by atoms with Gasteiger partial charge in [0.25, 0.3) is 5.91 Å². The second-order valence-corrected chi connectivity index (χ2v) is 6.86. The molecule has 1 aromatic heterocycles. The van der Waals surface area contributed by atoms with Gasteiger partial charge in [-0.05, 0) is 35.7 Å². The zero-order valence-corrected chi connectivity index (χ0v) is 15.9. The highest BCUT2D eigenvalue weighted by Gasteiger charge is 2.20. The number of nitrogens with one attached hydrogen (secondary N) is 2. The van der Waals surface area contributed by atoms with Crippen LogP contribution in [-0.4, -0.2) is 22.4 Å². The van der Waals surface area contributed by atoms with Gasteiger partial charge in [0.1, 0.15) is 5.82 Å². The number of carbonyl (C=O) groups is 1. The Hall–Kier alpha value is -3.40. The van der Waals surface area contributed by atoms with Gasteiger partial charge in [-0.3, -0.25) is 4.79 Å². The molecule has 4 heteroatoms. The highest BCUT2D eigenvalue weighted by molar-refractivity contribution is 5.97. The minimum absolute atomic E-state index is 0.00664. The second-order valence-electron chi connectivity index (χ2n) is 6.86. The normalized spacial score (nSPS) is 11.1. The summed E-state index contributed by atoms with van der Waals surface area (Å²) in [6.45, 7) is 2.72. The number of aromatic amines is 1. The Balaban J connectivity index is 1.76. The van der Waals surface area contributed by atoms with E-state index in [1.54, 1.807) is 0 Å². The molecule has 4 rings (SSSR count). The van der Waals surface area contributed by atoms with Crippen molar-refractivity contribution in [3.8, 4) is 0 Å². The van der Waals surface area contributed by atoms with Crippen molar-refractivity contribution >= 4 is 16.9 Å². The lowest BCUT2D eigenvalue weighted by atomic mass is 9.91. The van der Waals surface area contributed by atoms with Crippen molar-refractivity contribution in [3.63, 3.8) is 0 Å². The second kappa shape index (κ2) is 8.09. The topological polar surface area (TPSA) is 57.8 Å². The molecule has 4 aromatic rings. The molecule has 0 atom stereocenters. The van der Waals surface area contributed by atoms with E-state index in [0.29, 0.717) is 12.1 Å². The maximum Gasteiger partial charge on any atom is 0.251 e. The summed E-state index contributed by atoms with van der Waals surface area (Å²) in [4.78, 5) is 20.6. The van der Waals surface area contributed by atoms with Crippen LogP contribution in [0.15, 0.2) is 78.9 Å². The Labute approximate surface area is 164 Å². The van der Waals surface area contributed by atoms with E-state index >= 15 is 0 Å². The molecule has 0 radical (unpaired) electrons. The Morgan fingerprint density at radius 3 is 2.21 bits per heavy atom. The SMILES string of the molecule is CCCNC(=O)c1ccc2nc(C(c3ccccc3)c3ccccc3)[nH]c2c1. The van der Waals surface area contributed by atoms with E-state index < -0.39 is 0 Å². The smallest absolute Gasteiger partial charge is 0.251 e. The van der Waals surface area contributed by atoms with Crippen molar-refractivity contribution in [2.75, 3.05) is 6.54 Å². The average Bonchev–Trinajstić information content (AvgIpc) is 3.16. The predicted octanol–water partition coefficient (Wildman–Crippen LogP) is 4.88. The van der Waals surface area contributed by atoms with Crippen molar-refractivity contribution in [2.24, 2.45) is 0 Å². The van der Waals surface area contributed by atoms with Crippen LogP contribution in [0, 0.1) is 0 Å². The lowest BCUT2D eigenvalue weighted by Gasteiger charge is -2.15. The summed E-state index contributed by atoms with van der Waals surface area (Å²) in [7, 11) is 0. The number of fused-ring (bicyclic) bond motifs is 1. The number of nitrogens with zero attached hydrogens (tertiary/aromatic N) is 1. The van der Waals surface area contributed by atoms with Crippen LogP contribution in [-0.2, 0) is 0 Å². The van der Waals surface area contributed by atoms with Crippen molar-refractivity contribution in [1.82, 2.24) is 15.3 Å². The van der Waals surface area contributed by atoms with Crippen molar-refractivity contribution in [1.29, 1.82) is 0 Å². The van der Waals surface area contributed by atoms with Crippen LogP contribution in [0.2, 0.25) is 0 Å². The Morgan fingerprint density at radius 1 is 0.964 bits per heavy atom. The van der Waals surface area contributed by atoms with Gasteiger partial charge < -0.3 is 10.3 Å². The summed E-state index contributed by atoms with van der Waals surface area (Å²) in [6.07, 6.45) is 0.915. The van der Waals surface area contributed by atoms with E-state index in [9.17, 15) is 4.79 Å². The van der Waals surface area contributed by atoms with Crippen LogP contribution in [0.25, 0.3) is 11.0 Å². The van der Waals surface area contributed by atoms with Gasteiger partial charge in [0.05, 0.1) is 17.0 Å². The van der Waals surface area contributed by atoms with E-state index in [1.807, 2.05) is 61.5 Å². The summed E-state index contributed by atoms with van der Waals surface area (Å²) in [5, 5.41) is 2.92. The summed E-state index contributed by atoms with van der Waals surface area (Å²) in [6, 6.07) is 26.3. The minimum Gasteiger partial charge on any atom is -0.352 e. The molecule has 140 valence electrons. The van der Waals surface area contributed by atoms with Crippen molar-refractivity contribution in [2.45, 2.75) is 19.3 Å². The molecule has 0 aliphatic rings. The molecule has 3 aromatic carbocycles. The first-order chi connectivity index (χ1) is 13.8. The average molecular weight is 369 g/mol. The fourth-order valence-electron chi connectivity index (χ4n) is 3.45. The molecule has 0 bridgehead atoms. The van der Waals surface area contributed by atoms with Crippen LogP contribution in [0.5, 0.6) is 0 Å². The van der Waals surface area contributed by atoms with E-state index in [2.05, 4.69) is 34.6 Å². The molecule has 4 nitrogen and oxygen atoms in total. The van der Waals surface area contributed by atoms with E-state index in [-0.39, 0.29) is 11.8 Å². The molecule has 0 saturated heterocycles. The van der Waals surface area contributed by atoms with E-state index in [4.69, 9.17) is 4.98 Å². The monoisotopic (exact) mass is 369 g/mol. The van der Waals surface area contributed by atoms with Crippen molar-refractivity contribution in [3.05, 3.63) is 101 Å².